The Hall–Kier alpha value is -0.750. The van der Waals surface area contributed by atoms with Gasteiger partial charge in [-0.1, -0.05) is 0 Å². The predicted molar refractivity (Wildman–Crippen MR) is 77.2 cm³/mol. The van der Waals surface area contributed by atoms with E-state index in [1.807, 2.05) is 13.8 Å². The highest BCUT2D eigenvalue weighted by atomic mass is 32.2. The van der Waals surface area contributed by atoms with Gasteiger partial charge in [0.05, 0.1) is 12.4 Å². The second-order valence-electron chi connectivity index (χ2n) is 4.98. The maximum absolute atomic E-state index is 11.8. The average Bonchev–Trinajstić information content (AvgIpc) is 3.11. The van der Waals surface area contributed by atoms with Crippen LogP contribution in [0, 0.1) is 0 Å². The Labute approximate surface area is 119 Å². The maximum Gasteiger partial charge on any atom is 0.323 e. The predicted octanol–water partition coefficient (Wildman–Crippen LogP) is 0.928. The van der Waals surface area contributed by atoms with Crippen molar-refractivity contribution >= 4 is 23.6 Å². The van der Waals surface area contributed by atoms with Crippen LogP contribution in [-0.4, -0.2) is 48.1 Å². The number of esters is 1. The zero-order chi connectivity index (χ0) is 14.3. The number of hydrogen-bond donors (Lipinski definition) is 2. The first-order valence-corrected chi connectivity index (χ1v) is 7.98. The largest absolute Gasteiger partial charge is 0.465 e. The van der Waals surface area contributed by atoms with Gasteiger partial charge >= 0.3 is 5.97 Å². The first-order valence-electron chi connectivity index (χ1n) is 6.82. The fraction of sp³-hybridized carbons (Fsp3) is 0.846. The molecule has 2 N–H and O–H groups in total. The van der Waals surface area contributed by atoms with Gasteiger partial charge in [-0.15, -0.1) is 11.8 Å². The lowest BCUT2D eigenvalue weighted by molar-refractivity contribution is -0.145. The molecule has 1 atom stereocenters. The third kappa shape index (κ3) is 7.42. The minimum absolute atomic E-state index is 0.00836. The number of carbonyl (C=O) groups is 2. The zero-order valence-electron chi connectivity index (χ0n) is 11.9. The lowest BCUT2D eigenvalue weighted by Crippen LogP contribution is -2.42. The van der Waals surface area contributed by atoms with Crippen LogP contribution in [0.2, 0.25) is 0 Å². The fourth-order valence-corrected chi connectivity index (χ4v) is 2.45. The molecule has 0 spiro atoms. The summed E-state index contributed by atoms with van der Waals surface area (Å²) in [5.74, 6) is 0.738. The topological polar surface area (TPSA) is 67.4 Å². The Morgan fingerprint density at radius 2 is 2.05 bits per heavy atom. The summed E-state index contributed by atoms with van der Waals surface area (Å²) < 4.78 is 5.04. The molecule has 19 heavy (non-hydrogen) atoms. The minimum Gasteiger partial charge on any atom is -0.465 e. The van der Waals surface area contributed by atoms with E-state index in [0.29, 0.717) is 24.2 Å². The average molecular weight is 288 g/mol. The smallest absolute Gasteiger partial charge is 0.323 e. The van der Waals surface area contributed by atoms with Gasteiger partial charge in [0.1, 0.15) is 6.04 Å². The summed E-state index contributed by atoms with van der Waals surface area (Å²) in [7, 11) is 0. The molecule has 1 saturated carbocycles. The van der Waals surface area contributed by atoms with Gasteiger partial charge in [0.2, 0.25) is 5.91 Å². The normalized spacial score (nSPS) is 16.2. The zero-order valence-corrected chi connectivity index (χ0v) is 12.7. The van der Waals surface area contributed by atoms with Gasteiger partial charge in [-0.3, -0.25) is 9.59 Å². The summed E-state index contributed by atoms with van der Waals surface area (Å²) in [6.07, 6.45) is 2.24. The van der Waals surface area contributed by atoms with E-state index in [-0.39, 0.29) is 24.0 Å². The van der Waals surface area contributed by atoms with Crippen molar-refractivity contribution in [2.24, 2.45) is 0 Å². The second-order valence-corrected chi connectivity index (χ2v) is 6.01. The van der Waals surface area contributed by atoms with E-state index in [2.05, 4.69) is 10.6 Å². The number of carbonyl (C=O) groups excluding carboxylic acids is 2. The molecule has 0 bridgehead atoms. The van der Waals surface area contributed by atoms with Gasteiger partial charge in [0, 0.05) is 17.8 Å². The van der Waals surface area contributed by atoms with Gasteiger partial charge in [0.25, 0.3) is 0 Å². The van der Waals surface area contributed by atoms with E-state index in [0.717, 1.165) is 12.8 Å². The van der Waals surface area contributed by atoms with E-state index in [4.69, 9.17) is 4.74 Å². The Kier molecular flexibility index (Phi) is 7.23. The Bertz CT molecular complexity index is 306. The molecule has 0 radical (unpaired) electrons. The summed E-state index contributed by atoms with van der Waals surface area (Å²) in [6, 6.07) is 0.294. The maximum atomic E-state index is 11.8. The monoisotopic (exact) mass is 288 g/mol. The molecule has 0 saturated heterocycles. The van der Waals surface area contributed by atoms with Crippen LogP contribution in [0.4, 0.5) is 0 Å². The van der Waals surface area contributed by atoms with Crippen molar-refractivity contribution in [3.8, 4) is 0 Å². The van der Waals surface area contributed by atoms with E-state index in [1.54, 1.807) is 6.92 Å². The van der Waals surface area contributed by atoms with E-state index in [1.165, 1.54) is 11.8 Å². The first-order chi connectivity index (χ1) is 9.02. The number of amides is 1. The number of nitrogens with one attached hydrogen (secondary N) is 2. The number of thioether (sulfide) groups is 1. The number of hydrogen-bond acceptors (Lipinski definition) is 5. The highest BCUT2D eigenvalue weighted by molar-refractivity contribution is 8.00. The summed E-state index contributed by atoms with van der Waals surface area (Å²) in [6.45, 7) is 6.05. The van der Waals surface area contributed by atoms with E-state index < -0.39 is 0 Å². The van der Waals surface area contributed by atoms with Gasteiger partial charge in [-0.05, 0) is 33.6 Å². The lowest BCUT2D eigenvalue weighted by atomic mass is 10.3. The molecule has 0 aromatic rings. The van der Waals surface area contributed by atoms with Crippen LogP contribution >= 0.6 is 11.8 Å². The van der Waals surface area contributed by atoms with Crippen LogP contribution in [0.5, 0.6) is 0 Å². The van der Waals surface area contributed by atoms with Gasteiger partial charge in [0.15, 0.2) is 0 Å². The van der Waals surface area contributed by atoms with Crippen LogP contribution in [0.3, 0.4) is 0 Å². The van der Waals surface area contributed by atoms with Crippen LogP contribution < -0.4 is 10.6 Å². The number of ether oxygens (including phenoxy) is 1. The first kappa shape index (κ1) is 16.3. The van der Waals surface area contributed by atoms with E-state index in [9.17, 15) is 9.59 Å². The molecule has 0 aromatic carbocycles. The van der Waals surface area contributed by atoms with E-state index >= 15 is 0 Å². The molecule has 1 fully saturated rings. The molecule has 5 nitrogen and oxygen atoms in total. The van der Waals surface area contributed by atoms with Gasteiger partial charge < -0.3 is 15.4 Å². The van der Waals surface area contributed by atoms with Crippen molar-refractivity contribution in [1.29, 1.82) is 0 Å². The van der Waals surface area contributed by atoms with Crippen molar-refractivity contribution in [2.75, 3.05) is 18.1 Å². The van der Waals surface area contributed by atoms with Crippen molar-refractivity contribution in [3.63, 3.8) is 0 Å². The number of rotatable bonds is 9. The molecule has 1 aliphatic carbocycles. The minimum atomic E-state index is -0.302. The van der Waals surface area contributed by atoms with Crippen molar-refractivity contribution < 1.29 is 14.3 Å². The molecule has 1 amide bonds. The van der Waals surface area contributed by atoms with Crippen LogP contribution in [-0.2, 0) is 14.3 Å². The molecule has 0 heterocycles. The fourth-order valence-electron chi connectivity index (χ4n) is 1.59. The summed E-state index contributed by atoms with van der Waals surface area (Å²) in [5.41, 5.74) is 0. The molecule has 6 heteroatoms. The van der Waals surface area contributed by atoms with Crippen LogP contribution in [0.1, 0.15) is 33.6 Å². The quantitative estimate of drug-likeness (QED) is 0.618. The standard InChI is InChI=1S/C13H24N2O3S/c1-4-18-13(17)11(15-10-5-6-10)7-19-8-12(16)14-9(2)3/h9-11,15H,4-8H2,1-3H3,(H,14,16). The Morgan fingerprint density at radius 3 is 2.58 bits per heavy atom. The van der Waals surface area contributed by atoms with Crippen LogP contribution in [0.15, 0.2) is 0 Å². The molecule has 110 valence electrons. The highest BCUT2D eigenvalue weighted by Gasteiger charge is 2.29. The van der Waals surface area contributed by atoms with Crippen molar-refractivity contribution in [1.82, 2.24) is 10.6 Å². The highest BCUT2D eigenvalue weighted by Crippen LogP contribution is 2.20. The van der Waals surface area contributed by atoms with Crippen molar-refractivity contribution in [2.45, 2.75) is 51.7 Å². The molecule has 0 aliphatic heterocycles. The third-order valence-electron chi connectivity index (χ3n) is 2.55. The summed E-state index contributed by atoms with van der Waals surface area (Å²) in [4.78, 5) is 23.3. The molecule has 1 rings (SSSR count). The van der Waals surface area contributed by atoms with Crippen molar-refractivity contribution in [3.05, 3.63) is 0 Å². The molecular formula is C13H24N2O3S. The lowest BCUT2D eigenvalue weighted by Gasteiger charge is -2.16. The second kappa shape index (κ2) is 8.43. The molecule has 0 aromatic heterocycles. The summed E-state index contributed by atoms with van der Waals surface area (Å²) in [5, 5.41) is 6.09. The SMILES string of the molecule is CCOC(=O)C(CSCC(=O)NC(C)C)NC1CC1. The third-order valence-corrected chi connectivity index (χ3v) is 3.59. The Morgan fingerprint density at radius 1 is 1.37 bits per heavy atom. The van der Waals surface area contributed by atoms with Crippen LogP contribution in [0.25, 0.3) is 0 Å². The molecular weight excluding hydrogens is 264 g/mol. The Balaban J connectivity index is 2.27. The molecule has 1 aliphatic rings. The molecule has 1 unspecified atom stereocenters. The van der Waals surface area contributed by atoms with Gasteiger partial charge in [-0.2, -0.15) is 0 Å². The summed E-state index contributed by atoms with van der Waals surface area (Å²) >= 11 is 1.46. The van der Waals surface area contributed by atoms with Gasteiger partial charge in [-0.25, -0.2) is 0 Å².